The van der Waals surface area contributed by atoms with E-state index in [1.54, 1.807) is 0 Å². The third-order valence-corrected chi connectivity index (χ3v) is 9.53. The van der Waals surface area contributed by atoms with Crippen molar-refractivity contribution in [3.05, 3.63) is 0 Å². The molecule has 20 heteroatoms. The molecule has 124 valence electrons. The predicted octanol–water partition coefficient (Wildman–Crippen LogP) is -12.8. The van der Waals surface area contributed by atoms with E-state index in [1.807, 2.05) is 0 Å². The predicted molar refractivity (Wildman–Crippen MR) is 64.8 cm³/mol. The van der Waals surface area contributed by atoms with Gasteiger partial charge in [0.05, 0.1) is 0 Å². The standard InChI is InChI=1S/C3H12O12P4.4Na.4H/c4-16(5,6)2(17(7,8)9)1-3(18(10,11)12)19(13,14)15;;;;;;;;/h2-3H,1H2,(H2,4,5,6)(H2,7,8,9)(H2,10,11,12)(H2,13,14,15);;;;;;;;/q;4*+1;4*-1. The van der Waals surface area contributed by atoms with Gasteiger partial charge in [0.15, 0.2) is 10.8 Å². The first kappa shape index (κ1) is 38.2. The van der Waals surface area contributed by atoms with Crippen molar-refractivity contribution < 1.29 is 181 Å². The topological polar surface area (TPSA) is 230 Å². The largest absolute Gasteiger partial charge is 1.00 e. The number of hydrogen-bond donors (Lipinski definition) is 8. The average molecular weight is 460 g/mol. The molecule has 23 heavy (non-hydrogen) atoms. The zero-order valence-corrected chi connectivity index (χ0v) is 24.4. The van der Waals surface area contributed by atoms with Crippen molar-refractivity contribution in [3.63, 3.8) is 0 Å². The number of hydrogen-bond acceptors (Lipinski definition) is 4. The van der Waals surface area contributed by atoms with Gasteiger partial charge in [0.2, 0.25) is 0 Å². The normalized spacial score (nSPS) is 12.6. The first-order chi connectivity index (χ1) is 7.97. The van der Waals surface area contributed by atoms with Crippen LogP contribution in [0.15, 0.2) is 0 Å². The Morgan fingerprint density at radius 2 is 0.652 bits per heavy atom. The molecular formula is C3H16Na4O12P4. The van der Waals surface area contributed by atoms with Crippen LogP contribution >= 0.6 is 30.4 Å². The Bertz CT molecular complexity index is 441. The van der Waals surface area contributed by atoms with E-state index in [9.17, 15) is 18.3 Å². The third-order valence-electron chi connectivity index (χ3n) is 1.97. The molecule has 0 fully saturated rings. The van der Waals surface area contributed by atoms with Crippen LogP contribution in [0.3, 0.4) is 0 Å². The summed E-state index contributed by atoms with van der Waals surface area (Å²) in [5.41, 5.74) is 0. The molecule has 0 aromatic rings. The van der Waals surface area contributed by atoms with E-state index in [0.29, 0.717) is 0 Å². The van der Waals surface area contributed by atoms with Gasteiger partial charge in [0.25, 0.3) is 0 Å². The van der Waals surface area contributed by atoms with Gasteiger partial charge in [0.1, 0.15) is 0 Å². The van der Waals surface area contributed by atoms with Crippen molar-refractivity contribution in [2.45, 2.75) is 17.2 Å². The Morgan fingerprint density at radius 3 is 0.739 bits per heavy atom. The van der Waals surface area contributed by atoms with Crippen LogP contribution < -0.4 is 118 Å². The van der Waals surface area contributed by atoms with E-state index in [4.69, 9.17) is 39.1 Å². The Labute approximate surface area is 225 Å². The maximum atomic E-state index is 10.9. The second-order valence-electron chi connectivity index (χ2n) is 3.55. The van der Waals surface area contributed by atoms with Crippen molar-refractivity contribution in [3.8, 4) is 0 Å². The molecule has 0 atom stereocenters. The fourth-order valence-corrected chi connectivity index (χ4v) is 6.87. The molecule has 0 aliphatic carbocycles. The molecule has 0 aromatic carbocycles. The minimum absolute atomic E-state index is 0. The second-order valence-corrected chi connectivity index (χ2v) is 11.6. The van der Waals surface area contributed by atoms with Crippen LogP contribution in [0.5, 0.6) is 0 Å². The molecule has 0 saturated carbocycles. The quantitative estimate of drug-likeness (QED) is 0.137. The Balaban J connectivity index is -0.0000000579. The second kappa shape index (κ2) is 13.8. The van der Waals surface area contributed by atoms with E-state index in [1.165, 1.54) is 0 Å². The molecular weight excluding hydrogens is 444 g/mol. The van der Waals surface area contributed by atoms with Crippen LogP contribution in [-0.2, 0) is 18.3 Å². The molecule has 0 rings (SSSR count). The van der Waals surface area contributed by atoms with Crippen LogP contribution in [-0.4, -0.2) is 49.9 Å². The molecule has 0 unspecified atom stereocenters. The molecule has 12 nitrogen and oxygen atoms in total. The van der Waals surface area contributed by atoms with Gasteiger partial charge >= 0.3 is 149 Å². The zero-order chi connectivity index (χ0) is 15.9. The van der Waals surface area contributed by atoms with Gasteiger partial charge in [-0.25, -0.2) is 0 Å². The number of rotatable bonds is 6. The summed E-state index contributed by atoms with van der Waals surface area (Å²) in [4.78, 5) is 69.7. The minimum Gasteiger partial charge on any atom is -1.00 e. The van der Waals surface area contributed by atoms with E-state index in [2.05, 4.69) is 0 Å². The Hall–Kier alpha value is 4.60. The summed E-state index contributed by atoms with van der Waals surface area (Å²) in [6.07, 6.45) is -1.73. The zero-order valence-electron chi connectivity index (χ0n) is 16.9. The van der Waals surface area contributed by atoms with Crippen LogP contribution in [0.1, 0.15) is 12.1 Å². The third kappa shape index (κ3) is 15.1. The fraction of sp³-hybridized carbons (Fsp3) is 1.00. The summed E-state index contributed by atoms with van der Waals surface area (Å²) in [5, 5.41) is -5.82. The van der Waals surface area contributed by atoms with Crippen molar-refractivity contribution in [2.24, 2.45) is 0 Å². The molecule has 0 bridgehead atoms. The van der Waals surface area contributed by atoms with Gasteiger partial charge < -0.3 is 44.9 Å². The van der Waals surface area contributed by atoms with Crippen molar-refractivity contribution in [1.82, 2.24) is 0 Å². The molecule has 8 N–H and O–H groups in total. The van der Waals surface area contributed by atoms with E-state index in [-0.39, 0.29) is 124 Å². The van der Waals surface area contributed by atoms with Crippen molar-refractivity contribution in [1.29, 1.82) is 0 Å². The first-order valence-electron chi connectivity index (χ1n) is 4.18. The SMILES string of the molecule is O=P(O)(O)C(CC(P(=O)(O)O)P(=O)(O)O)P(=O)(O)O.[H-].[H-].[H-].[H-].[Na+].[Na+].[Na+].[Na+]. The molecule has 0 saturated heterocycles. The van der Waals surface area contributed by atoms with Gasteiger partial charge in [-0.15, -0.1) is 0 Å². The molecule has 0 aliphatic rings. The Kier molecular flexibility index (Phi) is 22.9. The van der Waals surface area contributed by atoms with Crippen molar-refractivity contribution in [2.75, 3.05) is 0 Å². The molecule has 0 heterocycles. The summed E-state index contributed by atoms with van der Waals surface area (Å²) in [6.45, 7) is 0. The van der Waals surface area contributed by atoms with Crippen LogP contribution in [0.25, 0.3) is 0 Å². The monoisotopic (exact) mass is 460 g/mol. The van der Waals surface area contributed by atoms with Crippen LogP contribution in [0, 0.1) is 0 Å². The fourth-order valence-electron chi connectivity index (χ4n) is 1.13. The summed E-state index contributed by atoms with van der Waals surface area (Å²) >= 11 is 0. The molecule has 0 amide bonds. The van der Waals surface area contributed by atoms with Gasteiger partial charge in [0, 0.05) is 0 Å². The minimum atomic E-state index is -5.54. The summed E-state index contributed by atoms with van der Waals surface area (Å²) in [7, 11) is -22.2. The van der Waals surface area contributed by atoms with Gasteiger partial charge in [-0.2, -0.15) is 0 Å². The van der Waals surface area contributed by atoms with Crippen LogP contribution in [0.2, 0.25) is 0 Å². The summed E-state index contributed by atoms with van der Waals surface area (Å²) in [5.74, 6) is 0. The summed E-state index contributed by atoms with van der Waals surface area (Å²) < 4.78 is 43.5. The van der Waals surface area contributed by atoms with E-state index >= 15 is 0 Å². The van der Waals surface area contributed by atoms with E-state index < -0.39 is 47.6 Å². The summed E-state index contributed by atoms with van der Waals surface area (Å²) in [6, 6.07) is 0. The molecule has 0 aliphatic heterocycles. The molecule has 0 aromatic heterocycles. The average Bonchev–Trinajstić information content (AvgIpc) is 1.91. The van der Waals surface area contributed by atoms with Crippen LogP contribution in [0.4, 0.5) is 0 Å². The van der Waals surface area contributed by atoms with Gasteiger partial charge in [-0.3, -0.25) is 18.3 Å². The maximum absolute atomic E-state index is 10.9. The Morgan fingerprint density at radius 1 is 0.522 bits per heavy atom. The molecule has 0 spiro atoms. The van der Waals surface area contributed by atoms with Gasteiger partial charge in [-0.05, 0) is 6.42 Å². The molecule has 0 radical (unpaired) electrons. The first-order valence-corrected chi connectivity index (χ1v) is 10.9. The van der Waals surface area contributed by atoms with Crippen molar-refractivity contribution >= 4 is 30.4 Å². The van der Waals surface area contributed by atoms with E-state index in [0.717, 1.165) is 0 Å². The maximum Gasteiger partial charge on any atom is 1.00 e. The van der Waals surface area contributed by atoms with Gasteiger partial charge in [-0.1, -0.05) is 0 Å². The smallest absolute Gasteiger partial charge is 1.00 e.